The molecule has 0 aliphatic rings. The highest BCUT2D eigenvalue weighted by Gasteiger charge is 2.20. The summed E-state index contributed by atoms with van der Waals surface area (Å²) in [6, 6.07) is 16.8. The Bertz CT molecular complexity index is 740. The summed E-state index contributed by atoms with van der Waals surface area (Å²) in [5.74, 6) is 0. The van der Waals surface area contributed by atoms with E-state index in [0.29, 0.717) is 16.2 Å². The van der Waals surface area contributed by atoms with Crippen LogP contribution in [0.4, 0.5) is 8.78 Å². The number of imidazole rings is 1. The van der Waals surface area contributed by atoms with Crippen LogP contribution in [0.5, 0.6) is 0 Å². The highest BCUT2D eigenvalue weighted by atomic mass is 32.2. The molecule has 0 saturated heterocycles. The minimum Gasteiger partial charge on any atom is -0.261 e. The molecule has 108 valence electrons. The highest BCUT2D eigenvalue weighted by molar-refractivity contribution is 7.99. The van der Waals surface area contributed by atoms with Crippen LogP contribution in [0.2, 0.25) is 0 Å². The Kier molecular flexibility index (Phi) is 3.92. The lowest BCUT2D eigenvalue weighted by Gasteiger charge is -2.12. The van der Waals surface area contributed by atoms with E-state index >= 15 is 0 Å². The molecule has 0 spiro atoms. The van der Waals surface area contributed by atoms with E-state index in [1.54, 1.807) is 24.3 Å². The molecule has 5 heteroatoms. The van der Waals surface area contributed by atoms with Crippen molar-refractivity contribution in [1.82, 2.24) is 9.55 Å². The van der Waals surface area contributed by atoms with Crippen LogP contribution in [0.1, 0.15) is 24.3 Å². The summed E-state index contributed by atoms with van der Waals surface area (Å²) in [6.45, 7) is -0.599. The van der Waals surface area contributed by atoms with Gasteiger partial charge < -0.3 is 0 Å². The number of alkyl halides is 2. The Morgan fingerprint density at radius 3 is 2.38 bits per heavy atom. The number of benzene rings is 2. The van der Waals surface area contributed by atoms with Gasteiger partial charge >= 0.3 is 6.55 Å². The fourth-order valence-corrected chi connectivity index (χ4v) is 3.30. The SMILES string of the molecule is CC(Sc1nc2ccccc2n1C(F)F)c1ccccc1. The maximum Gasteiger partial charge on any atom is 0.321 e. The van der Waals surface area contributed by atoms with Crippen LogP contribution in [0.25, 0.3) is 11.0 Å². The molecule has 1 unspecified atom stereocenters. The summed E-state index contributed by atoms with van der Waals surface area (Å²) in [7, 11) is 0. The number of thioether (sulfide) groups is 1. The Morgan fingerprint density at radius 1 is 1.00 bits per heavy atom. The lowest BCUT2D eigenvalue weighted by Crippen LogP contribution is -2.01. The molecule has 1 heterocycles. The van der Waals surface area contributed by atoms with Crippen LogP contribution < -0.4 is 0 Å². The molecule has 0 aliphatic carbocycles. The number of hydrogen-bond donors (Lipinski definition) is 0. The van der Waals surface area contributed by atoms with Crippen molar-refractivity contribution >= 4 is 22.8 Å². The van der Waals surface area contributed by atoms with E-state index in [-0.39, 0.29) is 5.25 Å². The van der Waals surface area contributed by atoms with E-state index in [0.717, 1.165) is 10.1 Å². The fourth-order valence-electron chi connectivity index (χ4n) is 2.24. The van der Waals surface area contributed by atoms with Gasteiger partial charge in [-0.05, 0) is 24.6 Å². The molecule has 0 fully saturated rings. The Labute approximate surface area is 125 Å². The second kappa shape index (κ2) is 5.85. The van der Waals surface area contributed by atoms with Gasteiger partial charge in [-0.1, -0.05) is 54.2 Å². The third kappa shape index (κ3) is 2.78. The van der Waals surface area contributed by atoms with Crippen molar-refractivity contribution in [2.75, 3.05) is 0 Å². The van der Waals surface area contributed by atoms with Gasteiger partial charge in [0.2, 0.25) is 0 Å². The molecule has 0 amide bonds. The number of rotatable bonds is 4. The van der Waals surface area contributed by atoms with E-state index < -0.39 is 6.55 Å². The van der Waals surface area contributed by atoms with Crippen LogP contribution in [0.15, 0.2) is 59.8 Å². The van der Waals surface area contributed by atoms with Crippen molar-refractivity contribution < 1.29 is 8.78 Å². The largest absolute Gasteiger partial charge is 0.321 e. The summed E-state index contributed by atoms with van der Waals surface area (Å²) in [6.07, 6.45) is 0. The fraction of sp³-hybridized carbons (Fsp3) is 0.188. The zero-order valence-electron chi connectivity index (χ0n) is 11.4. The van der Waals surface area contributed by atoms with E-state index in [4.69, 9.17) is 0 Å². The number of fused-ring (bicyclic) bond motifs is 1. The van der Waals surface area contributed by atoms with Crippen LogP contribution in [0.3, 0.4) is 0 Å². The average Bonchev–Trinajstić information content (AvgIpc) is 2.86. The van der Waals surface area contributed by atoms with Gasteiger partial charge in [0.25, 0.3) is 0 Å². The zero-order valence-corrected chi connectivity index (χ0v) is 12.2. The van der Waals surface area contributed by atoms with E-state index in [1.165, 1.54) is 11.8 Å². The number of para-hydroxylation sites is 2. The van der Waals surface area contributed by atoms with Crippen LogP contribution in [0, 0.1) is 0 Å². The van der Waals surface area contributed by atoms with Gasteiger partial charge in [0.1, 0.15) is 0 Å². The van der Waals surface area contributed by atoms with Crippen molar-refractivity contribution in [3.63, 3.8) is 0 Å². The van der Waals surface area contributed by atoms with Crippen LogP contribution in [-0.2, 0) is 0 Å². The first-order chi connectivity index (χ1) is 10.2. The normalized spacial score (nSPS) is 13.0. The number of halogens is 2. The minimum absolute atomic E-state index is 0.0560. The summed E-state index contributed by atoms with van der Waals surface area (Å²) < 4.78 is 27.7. The summed E-state index contributed by atoms with van der Waals surface area (Å²) in [5, 5.41) is 0.406. The molecule has 2 nitrogen and oxygen atoms in total. The maximum atomic E-state index is 13.4. The van der Waals surface area contributed by atoms with Crippen molar-refractivity contribution in [1.29, 1.82) is 0 Å². The first-order valence-electron chi connectivity index (χ1n) is 6.63. The smallest absolute Gasteiger partial charge is 0.261 e. The van der Waals surface area contributed by atoms with Crippen molar-refractivity contribution in [3.8, 4) is 0 Å². The quantitative estimate of drug-likeness (QED) is 0.610. The first kappa shape index (κ1) is 14.1. The van der Waals surface area contributed by atoms with Crippen molar-refractivity contribution in [2.24, 2.45) is 0 Å². The molecule has 2 aromatic carbocycles. The van der Waals surface area contributed by atoms with Gasteiger partial charge in [-0.3, -0.25) is 4.57 Å². The third-order valence-electron chi connectivity index (χ3n) is 3.31. The average molecular weight is 304 g/mol. The van der Waals surface area contributed by atoms with Gasteiger partial charge in [-0.2, -0.15) is 8.78 Å². The predicted octanol–water partition coefficient (Wildman–Crippen LogP) is 5.28. The molecule has 21 heavy (non-hydrogen) atoms. The van der Waals surface area contributed by atoms with Gasteiger partial charge in [-0.15, -0.1) is 0 Å². The van der Waals surface area contributed by atoms with E-state index in [1.807, 2.05) is 37.3 Å². The molecule has 0 aliphatic heterocycles. The number of aromatic nitrogens is 2. The minimum atomic E-state index is -2.59. The second-order valence-electron chi connectivity index (χ2n) is 4.70. The van der Waals surface area contributed by atoms with Gasteiger partial charge in [0, 0.05) is 5.25 Å². The van der Waals surface area contributed by atoms with Gasteiger partial charge in [0.05, 0.1) is 11.0 Å². The Balaban J connectivity index is 1.98. The van der Waals surface area contributed by atoms with Gasteiger partial charge in [-0.25, -0.2) is 4.98 Å². The summed E-state index contributed by atoms with van der Waals surface area (Å²) >= 11 is 1.35. The molecular formula is C16H14F2N2S. The lowest BCUT2D eigenvalue weighted by atomic mass is 10.2. The molecule has 3 aromatic rings. The van der Waals surface area contributed by atoms with Crippen LogP contribution >= 0.6 is 11.8 Å². The van der Waals surface area contributed by atoms with E-state index in [2.05, 4.69) is 4.98 Å². The summed E-state index contributed by atoms with van der Waals surface area (Å²) in [5.41, 5.74) is 2.16. The number of nitrogens with zero attached hydrogens (tertiary/aromatic N) is 2. The highest BCUT2D eigenvalue weighted by Crippen LogP contribution is 2.37. The summed E-state index contributed by atoms with van der Waals surface area (Å²) in [4.78, 5) is 4.35. The molecular weight excluding hydrogens is 290 g/mol. The molecule has 1 atom stereocenters. The van der Waals surface area contributed by atoms with Crippen molar-refractivity contribution in [2.45, 2.75) is 23.9 Å². The zero-order chi connectivity index (χ0) is 14.8. The second-order valence-corrected chi connectivity index (χ2v) is 6.01. The molecule has 0 radical (unpaired) electrons. The monoisotopic (exact) mass is 304 g/mol. The maximum absolute atomic E-state index is 13.4. The molecule has 0 saturated carbocycles. The van der Waals surface area contributed by atoms with Crippen LogP contribution in [-0.4, -0.2) is 9.55 Å². The predicted molar refractivity (Wildman–Crippen MR) is 81.7 cm³/mol. The molecule has 0 N–H and O–H groups in total. The Hall–Kier alpha value is -1.88. The van der Waals surface area contributed by atoms with E-state index in [9.17, 15) is 8.78 Å². The van der Waals surface area contributed by atoms with Gasteiger partial charge in [0.15, 0.2) is 5.16 Å². The number of hydrogen-bond acceptors (Lipinski definition) is 2. The van der Waals surface area contributed by atoms with Crippen molar-refractivity contribution in [3.05, 3.63) is 60.2 Å². The topological polar surface area (TPSA) is 17.8 Å². The molecule has 3 rings (SSSR count). The third-order valence-corrected chi connectivity index (χ3v) is 4.43. The first-order valence-corrected chi connectivity index (χ1v) is 7.51. The molecule has 0 bridgehead atoms. The molecule has 1 aromatic heterocycles. The lowest BCUT2D eigenvalue weighted by molar-refractivity contribution is 0.0656. The Morgan fingerprint density at radius 2 is 1.67 bits per heavy atom. The standard InChI is InChI=1S/C16H14F2N2S/c1-11(12-7-3-2-4-8-12)21-16-19-13-9-5-6-10-14(13)20(16)15(17)18/h2-11,15H,1H3.